The summed E-state index contributed by atoms with van der Waals surface area (Å²) in [4.78, 5) is 14.7. The minimum absolute atomic E-state index is 0.141. The molecule has 1 aromatic heterocycles. The summed E-state index contributed by atoms with van der Waals surface area (Å²) in [5, 5.41) is 0.381. The maximum atomic E-state index is 13.6. The molecule has 1 heterocycles. The highest BCUT2D eigenvalue weighted by Gasteiger charge is 2.07. The van der Waals surface area contributed by atoms with Gasteiger partial charge in [0.15, 0.2) is 5.43 Å². The Balaban J connectivity index is 2.77. The minimum atomic E-state index is -0.403. The van der Waals surface area contributed by atoms with E-state index in [1.54, 1.807) is 6.07 Å². The van der Waals surface area contributed by atoms with E-state index in [-0.39, 0.29) is 5.43 Å². The molecule has 1 N–H and O–H groups in total. The Kier molecular flexibility index (Phi) is 3.10. The fraction of sp³-hybridized carbons (Fsp3) is 0.250. The van der Waals surface area contributed by atoms with Gasteiger partial charge in [-0.2, -0.15) is 0 Å². The van der Waals surface area contributed by atoms with Crippen LogP contribution in [0.25, 0.3) is 10.9 Å². The van der Waals surface area contributed by atoms with Gasteiger partial charge in [0.1, 0.15) is 5.82 Å². The molecule has 84 valence electrons. The Bertz CT molecular complexity index is 591. The van der Waals surface area contributed by atoms with Gasteiger partial charge in [-0.3, -0.25) is 4.79 Å². The lowest BCUT2D eigenvalue weighted by molar-refractivity contribution is 0.635. The zero-order valence-corrected chi connectivity index (χ0v) is 10.4. The lowest BCUT2D eigenvalue weighted by atomic mass is 10.1. The van der Waals surface area contributed by atoms with Crippen molar-refractivity contribution in [1.29, 1.82) is 0 Å². The lowest BCUT2D eigenvalue weighted by Crippen LogP contribution is -2.06. The van der Waals surface area contributed by atoms with Crippen molar-refractivity contribution in [3.05, 3.63) is 44.4 Å². The minimum Gasteiger partial charge on any atom is -0.356 e. The third kappa shape index (κ3) is 2.02. The lowest BCUT2D eigenvalue weighted by Gasteiger charge is -2.04. The van der Waals surface area contributed by atoms with Gasteiger partial charge < -0.3 is 4.98 Å². The van der Waals surface area contributed by atoms with Crippen molar-refractivity contribution in [2.24, 2.45) is 0 Å². The number of pyridine rings is 1. The Hall–Kier alpha value is -1.16. The number of halogens is 2. The quantitative estimate of drug-likeness (QED) is 0.901. The van der Waals surface area contributed by atoms with Crippen molar-refractivity contribution in [2.45, 2.75) is 19.8 Å². The second-order valence-corrected chi connectivity index (χ2v) is 4.63. The van der Waals surface area contributed by atoms with Gasteiger partial charge in [0, 0.05) is 21.6 Å². The van der Waals surface area contributed by atoms with Crippen molar-refractivity contribution in [1.82, 2.24) is 4.98 Å². The highest BCUT2D eigenvalue weighted by atomic mass is 79.9. The fourth-order valence-electron chi connectivity index (χ4n) is 1.73. The zero-order valence-electron chi connectivity index (χ0n) is 8.81. The number of aromatic amines is 1. The van der Waals surface area contributed by atoms with Crippen molar-refractivity contribution in [2.75, 3.05) is 0 Å². The standard InChI is InChI=1S/C12H11BrFNO/c1-2-3-8-6-11(16)9-4-7(13)5-10(14)12(9)15-8/h4-6H,2-3H2,1H3,(H,15,16). The molecule has 16 heavy (non-hydrogen) atoms. The van der Waals surface area contributed by atoms with Crippen molar-refractivity contribution in [3.63, 3.8) is 0 Å². The van der Waals surface area contributed by atoms with Crippen LogP contribution in [0.15, 0.2) is 27.5 Å². The molecule has 0 aliphatic rings. The molecule has 0 aliphatic carbocycles. The van der Waals surface area contributed by atoms with E-state index in [1.165, 1.54) is 12.1 Å². The van der Waals surface area contributed by atoms with Gasteiger partial charge in [-0.1, -0.05) is 29.3 Å². The number of benzene rings is 1. The third-order valence-electron chi connectivity index (χ3n) is 2.43. The molecule has 0 spiro atoms. The number of hydrogen-bond donors (Lipinski definition) is 1. The van der Waals surface area contributed by atoms with E-state index in [0.717, 1.165) is 18.5 Å². The van der Waals surface area contributed by atoms with Crippen LogP contribution in [0, 0.1) is 5.82 Å². The van der Waals surface area contributed by atoms with E-state index in [4.69, 9.17) is 0 Å². The number of nitrogens with one attached hydrogen (secondary N) is 1. The summed E-state index contributed by atoms with van der Waals surface area (Å²) in [7, 11) is 0. The molecule has 2 nitrogen and oxygen atoms in total. The molecule has 0 saturated carbocycles. The Morgan fingerprint density at radius 3 is 2.81 bits per heavy atom. The number of aryl methyl sites for hydroxylation is 1. The van der Waals surface area contributed by atoms with Gasteiger partial charge in [-0.05, 0) is 18.6 Å². The highest BCUT2D eigenvalue weighted by molar-refractivity contribution is 9.10. The molecule has 0 radical (unpaired) electrons. The van der Waals surface area contributed by atoms with Gasteiger partial charge in [0.25, 0.3) is 0 Å². The Labute approximate surface area is 101 Å². The van der Waals surface area contributed by atoms with Crippen LogP contribution in [-0.4, -0.2) is 4.98 Å². The Morgan fingerprint density at radius 1 is 1.38 bits per heavy atom. The molecule has 0 saturated heterocycles. The molecule has 0 amide bonds. The molecule has 4 heteroatoms. The van der Waals surface area contributed by atoms with Gasteiger partial charge >= 0.3 is 0 Å². The van der Waals surface area contributed by atoms with E-state index in [2.05, 4.69) is 20.9 Å². The third-order valence-corrected chi connectivity index (χ3v) is 2.89. The molecule has 0 atom stereocenters. The van der Waals surface area contributed by atoms with Crippen LogP contribution in [-0.2, 0) is 6.42 Å². The average molecular weight is 284 g/mol. The number of hydrogen-bond acceptors (Lipinski definition) is 1. The number of fused-ring (bicyclic) bond motifs is 1. The summed E-state index contributed by atoms with van der Waals surface area (Å²) in [6.45, 7) is 2.01. The smallest absolute Gasteiger partial charge is 0.189 e. The van der Waals surface area contributed by atoms with Crippen LogP contribution in [0.4, 0.5) is 4.39 Å². The molecule has 0 unspecified atom stereocenters. The topological polar surface area (TPSA) is 32.9 Å². The van der Waals surface area contributed by atoms with E-state index in [9.17, 15) is 9.18 Å². The normalized spacial score (nSPS) is 10.9. The first kappa shape index (κ1) is 11.3. The maximum absolute atomic E-state index is 13.6. The summed E-state index contributed by atoms with van der Waals surface area (Å²) < 4.78 is 14.2. The summed E-state index contributed by atoms with van der Waals surface area (Å²) in [5.41, 5.74) is 0.928. The molecular formula is C12H11BrFNO. The van der Waals surface area contributed by atoms with Crippen molar-refractivity contribution < 1.29 is 4.39 Å². The van der Waals surface area contributed by atoms with Crippen LogP contribution >= 0.6 is 15.9 Å². The molecular weight excluding hydrogens is 273 g/mol. The molecule has 0 bridgehead atoms. The first-order valence-electron chi connectivity index (χ1n) is 5.12. The van der Waals surface area contributed by atoms with Crippen LogP contribution < -0.4 is 5.43 Å². The first-order chi connectivity index (χ1) is 7.61. The molecule has 0 fully saturated rings. The Morgan fingerprint density at radius 2 is 2.12 bits per heavy atom. The van der Waals surface area contributed by atoms with E-state index < -0.39 is 5.82 Å². The summed E-state index contributed by atoms with van der Waals surface area (Å²) in [5.74, 6) is -0.403. The summed E-state index contributed by atoms with van der Waals surface area (Å²) in [6, 6.07) is 4.53. The fourth-order valence-corrected chi connectivity index (χ4v) is 2.16. The summed E-state index contributed by atoms with van der Waals surface area (Å²) in [6.07, 6.45) is 1.67. The summed E-state index contributed by atoms with van der Waals surface area (Å²) >= 11 is 3.17. The van der Waals surface area contributed by atoms with Crippen molar-refractivity contribution >= 4 is 26.8 Å². The predicted molar refractivity (Wildman–Crippen MR) is 66.2 cm³/mol. The molecule has 0 aliphatic heterocycles. The van der Waals surface area contributed by atoms with Gasteiger partial charge in [-0.25, -0.2) is 4.39 Å². The monoisotopic (exact) mass is 283 g/mol. The van der Waals surface area contributed by atoms with Crippen LogP contribution in [0.1, 0.15) is 19.0 Å². The van der Waals surface area contributed by atoms with E-state index in [1.807, 2.05) is 6.92 Å². The van der Waals surface area contributed by atoms with Gasteiger partial charge in [-0.15, -0.1) is 0 Å². The van der Waals surface area contributed by atoms with Gasteiger partial charge in [0.05, 0.1) is 5.52 Å². The maximum Gasteiger partial charge on any atom is 0.189 e. The first-order valence-corrected chi connectivity index (χ1v) is 5.92. The largest absolute Gasteiger partial charge is 0.356 e. The average Bonchev–Trinajstić information content (AvgIpc) is 2.20. The second-order valence-electron chi connectivity index (χ2n) is 3.72. The van der Waals surface area contributed by atoms with Crippen LogP contribution in [0.5, 0.6) is 0 Å². The molecule has 2 aromatic rings. The molecule has 2 rings (SSSR count). The second kappa shape index (κ2) is 4.37. The number of aromatic nitrogens is 1. The molecule has 1 aromatic carbocycles. The highest BCUT2D eigenvalue weighted by Crippen LogP contribution is 2.19. The van der Waals surface area contributed by atoms with Crippen molar-refractivity contribution in [3.8, 4) is 0 Å². The zero-order chi connectivity index (χ0) is 11.7. The predicted octanol–water partition coefficient (Wildman–Crippen LogP) is 3.38. The van der Waals surface area contributed by atoms with E-state index >= 15 is 0 Å². The number of rotatable bonds is 2. The van der Waals surface area contributed by atoms with E-state index in [0.29, 0.717) is 15.4 Å². The van der Waals surface area contributed by atoms with Crippen LogP contribution in [0.3, 0.4) is 0 Å². The number of H-pyrrole nitrogens is 1. The SMILES string of the molecule is CCCc1cc(=O)c2cc(Br)cc(F)c2[nH]1. The van der Waals surface area contributed by atoms with Gasteiger partial charge in [0.2, 0.25) is 0 Å². The van der Waals surface area contributed by atoms with Crippen LogP contribution in [0.2, 0.25) is 0 Å².